The van der Waals surface area contributed by atoms with E-state index in [2.05, 4.69) is 26.0 Å². The van der Waals surface area contributed by atoms with Gasteiger partial charge in [0.05, 0.1) is 6.10 Å². The second-order valence-electron chi connectivity index (χ2n) is 6.45. The van der Waals surface area contributed by atoms with Crippen LogP contribution in [0.3, 0.4) is 0 Å². The normalized spacial score (nSPS) is 60.9. The van der Waals surface area contributed by atoms with Crippen molar-refractivity contribution in [2.75, 3.05) is 6.61 Å². The van der Waals surface area contributed by atoms with E-state index in [9.17, 15) is 0 Å². The Bertz CT molecular complexity index is 334. The number of rotatable bonds is 2. The smallest absolute Gasteiger partial charge is 0.0634 e. The molecule has 0 heterocycles. The van der Waals surface area contributed by atoms with Crippen molar-refractivity contribution in [1.29, 1.82) is 0 Å². The summed E-state index contributed by atoms with van der Waals surface area (Å²) in [6.45, 7) is 5.49. The van der Waals surface area contributed by atoms with Crippen LogP contribution in [-0.2, 0) is 4.74 Å². The topological polar surface area (TPSA) is 9.23 Å². The van der Waals surface area contributed by atoms with Gasteiger partial charge in [0.2, 0.25) is 0 Å². The molecule has 0 amide bonds. The van der Waals surface area contributed by atoms with E-state index in [1.54, 1.807) is 0 Å². The maximum atomic E-state index is 6.04. The van der Waals surface area contributed by atoms with Gasteiger partial charge in [-0.25, -0.2) is 0 Å². The van der Waals surface area contributed by atoms with Gasteiger partial charge in [0, 0.05) is 6.61 Å². The molecule has 0 aromatic heterocycles. The first-order chi connectivity index (χ1) is 7.81. The summed E-state index contributed by atoms with van der Waals surface area (Å²) < 4.78 is 6.04. The van der Waals surface area contributed by atoms with Crippen LogP contribution >= 0.6 is 0 Å². The zero-order valence-corrected chi connectivity index (χ0v) is 10.3. The third-order valence-corrected chi connectivity index (χ3v) is 6.09. The number of hydrogen-bond acceptors (Lipinski definition) is 1. The SMILES string of the molecule is CCOC1C(C)C2CC1C1C3C=CC(C3)C21. The Morgan fingerprint density at radius 2 is 1.75 bits per heavy atom. The lowest BCUT2D eigenvalue weighted by Crippen LogP contribution is -2.40. The van der Waals surface area contributed by atoms with Crippen molar-refractivity contribution < 1.29 is 4.74 Å². The van der Waals surface area contributed by atoms with Crippen molar-refractivity contribution in [2.24, 2.45) is 41.4 Å². The summed E-state index contributed by atoms with van der Waals surface area (Å²) in [5.74, 6) is 6.57. The summed E-state index contributed by atoms with van der Waals surface area (Å²) in [6.07, 6.45) is 8.56. The predicted molar refractivity (Wildman–Crippen MR) is 63.9 cm³/mol. The summed E-state index contributed by atoms with van der Waals surface area (Å²) in [6, 6.07) is 0. The summed E-state index contributed by atoms with van der Waals surface area (Å²) in [4.78, 5) is 0. The van der Waals surface area contributed by atoms with E-state index in [0.717, 1.165) is 48.0 Å². The summed E-state index contributed by atoms with van der Waals surface area (Å²) in [5.41, 5.74) is 0. The molecule has 4 rings (SSSR count). The molecule has 0 aliphatic heterocycles. The van der Waals surface area contributed by atoms with E-state index in [0.29, 0.717) is 6.10 Å². The van der Waals surface area contributed by atoms with Crippen LogP contribution in [0, 0.1) is 41.4 Å². The van der Waals surface area contributed by atoms with Crippen LogP contribution in [-0.4, -0.2) is 12.7 Å². The summed E-state index contributed by atoms with van der Waals surface area (Å²) >= 11 is 0. The van der Waals surface area contributed by atoms with E-state index < -0.39 is 0 Å². The largest absolute Gasteiger partial charge is 0.378 e. The van der Waals surface area contributed by atoms with Gasteiger partial charge < -0.3 is 4.74 Å². The molecule has 8 atom stereocenters. The van der Waals surface area contributed by atoms with Crippen molar-refractivity contribution >= 4 is 0 Å². The Morgan fingerprint density at radius 1 is 1.06 bits per heavy atom. The molecule has 4 bridgehead atoms. The van der Waals surface area contributed by atoms with Gasteiger partial charge in [0.1, 0.15) is 0 Å². The average molecular weight is 218 g/mol. The lowest BCUT2D eigenvalue weighted by Gasteiger charge is -2.40. The van der Waals surface area contributed by atoms with Crippen molar-refractivity contribution in [3.63, 3.8) is 0 Å². The monoisotopic (exact) mass is 218 g/mol. The Hall–Kier alpha value is -0.300. The molecule has 3 saturated carbocycles. The molecule has 0 spiro atoms. The van der Waals surface area contributed by atoms with Crippen LogP contribution in [0.25, 0.3) is 0 Å². The zero-order chi connectivity index (χ0) is 10.9. The maximum absolute atomic E-state index is 6.04. The predicted octanol–water partition coefficient (Wildman–Crippen LogP) is 3.12. The standard InChI is InChI=1S/C15H22O/c1-3-16-15-8(2)11-7-12(15)14-10-5-4-9(6-10)13(11)14/h4-5,8-15H,3,6-7H2,1-2H3. The van der Waals surface area contributed by atoms with Gasteiger partial charge in [-0.3, -0.25) is 0 Å². The van der Waals surface area contributed by atoms with Gasteiger partial charge in [-0.15, -0.1) is 0 Å². The highest BCUT2D eigenvalue weighted by Gasteiger charge is 2.63. The van der Waals surface area contributed by atoms with Crippen LogP contribution in [0.1, 0.15) is 26.7 Å². The Kier molecular flexibility index (Phi) is 1.90. The first kappa shape index (κ1) is 9.70. The number of fused-ring (bicyclic) bond motifs is 9. The fourth-order valence-corrected chi connectivity index (χ4v) is 5.75. The van der Waals surface area contributed by atoms with Crippen molar-refractivity contribution in [1.82, 2.24) is 0 Å². The maximum Gasteiger partial charge on any atom is 0.0634 e. The quantitative estimate of drug-likeness (QED) is 0.511. The van der Waals surface area contributed by atoms with Gasteiger partial charge in [-0.05, 0) is 61.2 Å². The fraction of sp³-hybridized carbons (Fsp3) is 0.867. The number of ether oxygens (including phenoxy) is 1. The third-order valence-electron chi connectivity index (χ3n) is 6.09. The molecule has 4 aliphatic rings. The molecule has 3 fully saturated rings. The van der Waals surface area contributed by atoms with Gasteiger partial charge in [-0.2, -0.15) is 0 Å². The molecule has 8 unspecified atom stereocenters. The summed E-state index contributed by atoms with van der Waals surface area (Å²) in [5, 5.41) is 0. The highest BCUT2D eigenvalue weighted by atomic mass is 16.5. The molecule has 0 saturated heterocycles. The minimum absolute atomic E-state index is 0.587. The van der Waals surface area contributed by atoms with Crippen LogP contribution in [0.5, 0.6) is 0 Å². The van der Waals surface area contributed by atoms with Gasteiger partial charge >= 0.3 is 0 Å². The first-order valence-corrected chi connectivity index (χ1v) is 7.11. The zero-order valence-electron chi connectivity index (χ0n) is 10.3. The minimum atomic E-state index is 0.587. The minimum Gasteiger partial charge on any atom is -0.378 e. The van der Waals surface area contributed by atoms with E-state index in [1.807, 2.05) is 0 Å². The van der Waals surface area contributed by atoms with Crippen LogP contribution in [0.4, 0.5) is 0 Å². The molecule has 1 heteroatoms. The fourth-order valence-electron chi connectivity index (χ4n) is 5.75. The molecule has 0 aromatic carbocycles. The van der Waals surface area contributed by atoms with E-state index in [4.69, 9.17) is 4.74 Å². The molecule has 0 N–H and O–H groups in total. The lowest BCUT2D eigenvalue weighted by atomic mass is 9.68. The van der Waals surface area contributed by atoms with Gasteiger partial charge in [0.25, 0.3) is 0 Å². The van der Waals surface area contributed by atoms with Gasteiger partial charge in [0.15, 0.2) is 0 Å². The van der Waals surface area contributed by atoms with Crippen molar-refractivity contribution in [2.45, 2.75) is 32.8 Å². The van der Waals surface area contributed by atoms with Crippen LogP contribution in [0.2, 0.25) is 0 Å². The van der Waals surface area contributed by atoms with Crippen LogP contribution < -0.4 is 0 Å². The molecular weight excluding hydrogens is 196 g/mol. The van der Waals surface area contributed by atoms with E-state index in [1.165, 1.54) is 12.8 Å². The highest BCUT2D eigenvalue weighted by Crippen LogP contribution is 2.67. The number of hydrogen-bond donors (Lipinski definition) is 0. The van der Waals surface area contributed by atoms with Crippen molar-refractivity contribution in [3.05, 3.63) is 12.2 Å². The molecule has 1 nitrogen and oxygen atoms in total. The van der Waals surface area contributed by atoms with E-state index in [-0.39, 0.29) is 0 Å². The average Bonchev–Trinajstić information content (AvgIpc) is 2.97. The molecule has 0 radical (unpaired) electrons. The molecule has 88 valence electrons. The second kappa shape index (κ2) is 3.13. The summed E-state index contributed by atoms with van der Waals surface area (Å²) in [7, 11) is 0. The van der Waals surface area contributed by atoms with Crippen molar-refractivity contribution in [3.8, 4) is 0 Å². The molecule has 0 aromatic rings. The highest BCUT2D eigenvalue weighted by molar-refractivity contribution is 5.22. The molecular formula is C15H22O. The third kappa shape index (κ3) is 0.971. The molecule has 4 aliphatic carbocycles. The first-order valence-electron chi connectivity index (χ1n) is 7.11. The van der Waals surface area contributed by atoms with Gasteiger partial charge in [-0.1, -0.05) is 19.1 Å². The van der Waals surface area contributed by atoms with E-state index >= 15 is 0 Å². The Morgan fingerprint density at radius 3 is 2.44 bits per heavy atom. The van der Waals surface area contributed by atoms with Crippen LogP contribution in [0.15, 0.2) is 12.2 Å². The Labute approximate surface area is 98.2 Å². The lowest BCUT2D eigenvalue weighted by molar-refractivity contribution is -0.0454. The second-order valence-corrected chi connectivity index (χ2v) is 6.45. The Balaban J connectivity index is 1.67. The molecule has 16 heavy (non-hydrogen) atoms. The number of allylic oxidation sites excluding steroid dienone is 2.